The summed E-state index contributed by atoms with van der Waals surface area (Å²) >= 11 is 0. The first kappa shape index (κ1) is 19.7. The second-order valence-electron chi connectivity index (χ2n) is 6.91. The highest BCUT2D eigenvalue weighted by atomic mass is 19.3. The Morgan fingerprint density at radius 2 is 1.91 bits per heavy atom. The van der Waals surface area contributed by atoms with E-state index in [-0.39, 0.29) is 29.4 Å². The maximum atomic E-state index is 13.8. The SMILES string of the molecule is COc1ccc(-c2cc(C(F)F)n3ncc(C(=O)Nc4ccc5c(c4)OCO5)c3n2)cc1. The van der Waals surface area contributed by atoms with Crippen LogP contribution in [0, 0.1) is 0 Å². The van der Waals surface area contributed by atoms with Crippen LogP contribution in [0.3, 0.4) is 0 Å². The third kappa shape index (κ3) is 3.45. The van der Waals surface area contributed by atoms with E-state index >= 15 is 0 Å². The van der Waals surface area contributed by atoms with Crippen molar-refractivity contribution in [1.82, 2.24) is 14.6 Å². The summed E-state index contributed by atoms with van der Waals surface area (Å²) in [7, 11) is 1.53. The van der Waals surface area contributed by atoms with E-state index in [2.05, 4.69) is 15.4 Å². The molecule has 10 heteroatoms. The van der Waals surface area contributed by atoms with Crippen LogP contribution in [0.15, 0.2) is 54.7 Å². The quantitative estimate of drug-likeness (QED) is 0.499. The Balaban J connectivity index is 1.54. The van der Waals surface area contributed by atoms with Gasteiger partial charge < -0.3 is 19.5 Å². The van der Waals surface area contributed by atoms with E-state index in [9.17, 15) is 13.6 Å². The Hall–Kier alpha value is -4.21. The van der Waals surface area contributed by atoms with Crippen molar-refractivity contribution in [3.05, 3.63) is 66.0 Å². The molecule has 0 spiro atoms. The van der Waals surface area contributed by atoms with Crippen molar-refractivity contribution in [2.75, 3.05) is 19.2 Å². The summed E-state index contributed by atoms with van der Waals surface area (Å²) in [5.41, 5.74) is 1.04. The van der Waals surface area contributed by atoms with Crippen LogP contribution in [0.2, 0.25) is 0 Å². The number of aromatic nitrogens is 3. The third-order valence-corrected chi connectivity index (χ3v) is 4.98. The minimum Gasteiger partial charge on any atom is -0.497 e. The fraction of sp³-hybridized carbons (Fsp3) is 0.136. The number of benzene rings is 2. The van der Waals surface area contributed by atoms with E-state index in [1.807, 2.05) is 0 Å². The van der Waals surface area contributed by atoms with Gasteiger partial charge in [-0.1, -0.05) is 0 Å². The summed E-state index contributed by atoms with van der Waals surface area (Å²) in [5.74, 6) is 1.16. The van der Waals surface area contributed by atoms with Gasteiger partial charge in [-0.25, -0.2) is 18.3 Å². The molecule has 0 unspecified atom stereocenters. The lowest BCUT2D eigenvalue weighted by atomic mass is 10.1. The topological polar surface area (TPSA) is 87.0 Å². The highest BCUT2D eigenvalue weighted by Crippen LogP contribution is 2.34. The van der Waals surface area contributed by atoms with Crippen LogP contribution < -0.4 is 19.5 Å². The number of carbonyl (C=O) groups is 1. The van der Waals surface area contributed by atoms with E-state index in [0.29, 0.717) is 28.5 Å². The van der Waals surface area contributed by atoms with Gasteiger partial charge in [-0.2, -0.15) is 5.10 Å². The monoisotopic (exact) mass is 438 g/mol. The molecule has 0 fully saturated rings. The summed E-state index contributed by atoms with van der Waals surface area (Å²) in [4.78, 5) is 17.4. The minimum atomic E-state index is -2.82. The molecule has 1 N–H and O–H groups in total. The number of nitrogens with zero attached hydrogens (tertiary/aromatic N) is 3. The number of rotatable bonds is 5. The van der Waals surface area contributed by atoms with E-state index in [1.54, 1.807) is 42.5 Å². The molecule has 3 heterocycles. The number of anilines is 1. The zero-order valence-corrected chi connectivity index (χ0v) is 16.7. The largest absolute Gasteiger partial charge is 0.497 e. The Morgan fingerprint density at radius 3 is 2.66 bits per heavy atom. The van der Waals surface area contributed by atoms with Gasteiger partial charge in [0, 0.05) is 17.3 Å². The average Bonchev–Trinajstić information content (AvgIpc) is 3.45. The number of alkyl halides is 2. The highest BCUT2D eigenvalue weighted by Gasteiger charge is 2.22. The van der Waals surface area contributed by atoms with Crippen LogP contribution >= 0.6 is 0 Å². The number of methoxy groups -OCH3 is 1. The molecule has 5 rings (SSSR count). The van der Waals surface area contributed by atoms with Crippen molar-refractivity contribution in [1.29, 1.82) is 0 Å². The standard InChI is InChI=1S/C22H16F2N4O4/c1-30-14-5-2-12(3-6-14)16-9-17(20(23)24)28-21(27-16)15(10-25-28)22(29)26-13-4-7-18-19(8-13)32-11-31-18/h2-10,20H,11H2,1H3,(H,26,29). The zero-order chi connectivity index (χ0) is 22.2. The lowest BCUT2D eigenvalue weighted by Crippen LogP contribution is -2.12. The number of carbonyl (C=O) groups excluding carboxylic acids is 1. The molecule has 0 saturated heterocycles. The second-order valence-corrected chi connectivity index (χ2v) is 6.91. The minimum absolute atomic E-state index is 0.0202. The molecule has 0 bridgehead atoms. The number of fused-ring (bicyclic) bond motifs is 2. The fourth-order valence-corrected chi connectivity index (χ4v) is 3.38. The van der Waals surface area contributed by atoms with Gasteiger partial charge in [-0.15, -0.1) is 0 Å². The summed E-state index contributed by atoms with van der Waals surface area (Å²) in [6.45, 7) is 0.106. The van der Waals surface area contributed by atoms with Crippen LogP contribution in [-0.4, -0.2) is 34.4 Å². The molecule has 0 atom stereocenters. The fourth-order valence-electron chi connectivity index (χ4n) is 3.38. The molecule has 0 radical (unpaired) electrons. The molecular formula is C22H16F2N4O4. The van der Waals surface area contributed by atoms with Gasteiger partial charge >= 0.3 is 0 Å². The number of hydrogen-bond donors (Lipinski definition) is 1. The Labute approximate surface area is 180 Å². The lowest BCUT2D eigenvalue weighted by molar-refractivity contribution is 0.102. The van der Waals surface area contributed by atoms with Crippen molar-refractivity contribution in [3.63, 3.8) is 0 Å². The van der Waals surface area contributed by atoms with Crippen molar-refractivity contribution >= 4 is 17.2 Å². The number of nitrogens with one attached hydrogen (secondary N) is 1. The van der Waals surface area contributed by atoms with Gasteiger partial charge in [-0.3, -0.25) is 4.79 Å². The zero-order valence-electron chi connectivity index (χ0n) is 16.7. The third-order valence-electron chi connectivity index (χ3n) is 4.98. The molecule has 2 aromatic carbocycles. The summed E-state index contributed by atoms with van der Waals surface area (Å²) < 4.78 is 44.2. The normalized spacial score (nSPS) is 12.4. The van der Waals surface area contributed by atoms with Gasteiger partial charge in [0.05, 0.1) is 19.0 Å². The summed E-state index contributed by atoms with van der Waals surface area (Å²) in [5, 5.41) is 6.69. The first-order chi connectivity index (χ1) is 15.5. The predicted molar refractivity (Wildman–Crippen MR) is 110 cm³/mol. The number of halogens is 2. The van der Waals surface area contributed by atoms with Gasteiger partial charge in [-0.05, 0) is 42.5 Å². The molecule has 0 aliphatic carbocycles. The van der Waals surface area contributed by atoms with E-state index in [4.69, 9.17) is 14.2 Å². The first-order valence-corrected chi connectivity index (χ1v) is 9.56. The van der Waals surface area contributed by atoms with E-state index in [0.717, 1.165) is 4.52 Å². The smallest absolute Gasteiger partial charge is 0.280 e. The van der Waals surface area contributed by atoms with Crippen LogP contribution in [-0.2, 0) is 0 Å². The Morgan fingerprint density at radius 1 is 1.12 bits per heavy atom. The number of hydrogen-bond acceptors (Lipinski definition) is 6. The molecule has 1 amide bonds. The van der Waals surface area contributed by atoms with Gasteiger partial charge in [0.2, 0.25) is 6.79 Å². The average molecular weight is 438 g/mol. The van der Waals surface area contributed by atoms with Crippen molar-refractivity contribution in [2.24, 2.45) is 0 Å². The van der Waals surface area contributed by atoms with Gasteiger partial charge in [0.1, 0.15) is 17.0 Å². The first-order valence-electron chi connectivity index (χ1n) is 9.56. The summed E-state index contributed by atoms with van der Waals surface area (Å²) in [6, 6.07) is 13.0. The van der Waals surface area contributed by atoms with Crippen molar-refractivity contribution < 1.29 is 27.8 Å². The molecule has 1 aliphatic rings. The molecular weight excluding hydrogens is 422 g/mol. The van der Waals surface area contributed by atoms with Crippen LogP contribution in [0.5, 0.6) is 17.2 Å². The van der Waals surface area contributed by atoms with Crippen molar-refractivity contribution in [2.45, 2.75) is 6.43 Å². The van der Waals surface area contributed by atoms with E-state index < -0.39 is 12.3 Å². The maximum Gasteiger partial charge on any atom is 0.280 e. The second kappa shape index (κ2) is 7.80. The molecule has 32 heavy (non-hydrogen) atoms. The summed E-state index contributed by atoms with van der Waals surface area (Å²) in [6.07, 6.45) is -1.60. The predicted octanol–water partition coefficient (Wildman–Crippen LogP) is 4.32. The number of amides is 1. The van der Waals surface area contributed by atoms with Gasteiger partial charge in [0.25, 0.3) is 12.3 Å². The van der Waals surface area contributed by atoms with Crippen LogP contribution in [0.25, 0.3) is 16.9 Å². The van der Waals surface area contributed by atoms with E-state index in [1.165, 1.54) is 19.4 Å². The lowest BCUT2D eigenvalue weighted by Gasteiger charge is -2.09. The molecule has 1 aliphatic heterocycles. The highest BCUT2D eigenvalue weighted by molar-refractivity contribution is 6.08. The van der Waals surface area contributed by atoms with Gasteiger partial charge in [0.15, 0.2) is 17.1 Å². The molecule has 0 saturated carbocycles. The Bertz CT molecular complexity index is 1320. The molecule has 4 aromatic rings. The van der Waals surface area contributed by atoms with Crippen molar-refractivity contribution in [3.8, 4) is 28.5 Å². The van der Waals surface area contributed by atoms with Crippen LogP contribution in [0.4, 0.5) is 14.5 Å². The van der Waals surface area contributed by atoms with Crippen LogP contribution in [0.1, 0.15) is 22.5 Å². The Kier molecular flexibility index (Phi) is 4.81. The maximum absolute atomic E-state index is 13.8. The molecule has 2 aromatic heterocycles. The molecule has 162 valence electrons. The number of ether oxygens (including phenoxy) is 3. The molecule has 8 nitrogen and oxygen atoms in total.